The number of alkyl halides is 1. The molecule has 0 aliphatic carbocycles. The number of likely N-dealkylation sites (N-methyl/N-ethyl adjacent to an activating group) is 1. The van der Waals surface area contributed by atoms with Gasteiger partial charge in [0.05, 0.1) is 0 Å². The number of halogens is 1. The number of rotatable bonds is 19. The lowest BCUT2D eigenvalue weighted by molar-refractivity contribution is -0.145. The number of hydrogen-bond donors (Lipinski definition) is 1. The second-order valence-corrected chi connectivity index (χ2v) is 8.42. The maximum atomic E-state index is 15.1. The van der Waals surface area contributed by atoms with Gasteiger partial charge in [-0.25, -0.2) is 4.39 Å². The first-order valence-corrected chi connectivity index (χ1v) is 11.5. The van der Waals surface area contributed by atoms with Crippen molar-refractivity contribution in [3.63, 3.8) is 0 Å². The van der Waals surface area contributed by atoms with E-state index in [1.807, 2.05) is 0 Å². The van der Waals surface area contributed by atoms with Crippen LogP contribution in [0.25, 0.3) is 0 Å². The van der Waals surface area contributed by atoms with Crippen molar-refractivity contribution < 1.29 is 14.3 Å². The SMILES string of the molecule is CCCCCCCCCCCC(CCCCCC)C(F)C(C(=O)O)N(C)C. The normalized spacial score (nSPS) is 15.0. The van der Waals surface area contributed by atoms with E-state index >= 15 is 4.39 Å². The van der Waals surface area contributed by atoms with E-state index in [9.17, 15) is 9.90 Å². The highest BCUT2D eigenvalue weighted by molar-refractivity contribution is 5.74. The summed E-state index contributed by atoms with van der Waals surface area (Å²) in [5.41, 5.74) is 0. The first-order chi connectivity index (χ1) is 13.0. The topological polar surface area (TPSA) is 40.5 Å². The fourth-order valence-corrected chi connectivity index (χ4v) is 3.91. The smallest absolute Gasteiger partial charge is 0.323 e. The molecule has 0 amide bonds. The minimum Gasteiger partial charge on any atom is -0.480 e. The Balaban J connectivity index is 4.32. The fraction of sp³-hybridized carbons (Fsp3) is 0.957. The van der Waals surface area contributed by atoms with Gasteiger partial charge in [-0.1, -0.05) is 97.3 Å². The quantitative estimate of drug-likeness (QED) is 0.246. The van der Waals surface area contributed by atoms with E-state index in [0.717, 1.165) is 44.9 Å². The van der Waals surface area contributed by atoms with E-state index in [0.29, 0.717) is 0 Å². The highest BCUT2D eigenvalue weighted by Crippen LogP contribution is 2.27. The minimum atomic E-state index is -1.28. The van der Waals surface area contributed by atoms with Crippen molar-refractivity contribution in [1.82, 2.24) is 4.90 Å². The molecular weight excluding hydrogens is 341 g/mol. The van der Waals surface area contributed by atoms with E-state index in [1.165, 1.54) is 56.3 Å². The summed E-state index contributed by atoms with van der Waals surface area (Å²) in [5, 5.41) is 9.42. The number of aliphatic carboxylic acids is 1. The van der Waals surface area contributed by atoms with Gasteiger partial charge in [0.1, 0.15) is 12.2 Å². The molecule has 0 radical (unpaired) electrons. The third-order valence-electron chi connectivity index (χ3n) is 5.67. The van der Waals surface area contributed by atoms with Crippen LogP contribution in [-0.4, -0.2) is 42.3 Å². The monoisotopic (exact) mass is 387 g/mol. The molecule has 4 heteroatoms. The van der Waals surface area contributed by atoms with Crippen molar-refractivity contribution >= 4 is 5.97 Å². The molecule has 0 fully saturated rings. The largest absolute Gasteiger partial charge is 0.480 e. The third kappa shape index (κ3) is 13.2. The van der Waals surface area contributed by atoms with Crippen LogP contribution >= 0.6 is 0 Å². The summed E-state index contributed by atoms with van der Waals surface area (Å²) in [6.07, 6.45) is 16.1. The molecule has 0 saturated carbocycles. The van der Waals surface area contributed by atoms with E-state index in [4.69, 9.17) is 0 Å². The molecule has 162 valence electrons. The Labute approximate surface area is 168 Å². The molecule has 0 saturated heterocycles. The first kappa shape index (κ1) is 26.4. The van der Waals surface area contributed by atoms with Gasteiger partial charge in [-0.2, -0.15) is 0 Å². The summed E-state index contributed by atoms with van der Waals surface area (Å²) in [4.78, 5) is 13.0. The lowest BCUT2D eigenvalue weighted by Gasteiger charge is -2.29. The molecule has 0 aromatic carbocycles. The Hall–Kier alpha value is -0.640. The van der Waals surface area contributed by atoms with Gasteiger partial charge in [-0.3, -0.25) is 9.69 Å². The molecule has 0 rings (SSSR count). The summed E-state index contributed by atoms with van der Waals surface area (Å²) < 4.78 is 15.1. The van der Waals surface area contributed by atoms with Crippen molar-refractivity contribution in [2.45, 2.75) is 122 Å². The summed E-state index contributed by atoms with van der Waals surface area (Å²) in [6.45, 7) is 4.41. The van der Waals surface area contributed by atoms with Crippen molar-refractivity contribution in [3.8, 4) is 0 Å². The number of carbonyl (C=O) groups is 1. The van der Waals surface area contributed by atoms with Gasteiger partial charge in [0, 0.05) is 0 Å². The van der Waals surface area contributed by atoms with Crippen LogP contribution in [0.15, 0.2) is 0 Å². The number of nitrogens with zero attached hydrogens (tertiary/aromatic N) is 1. The number of carboxylic acid groups (broad SMARTS) is 1. The average molecular weight is 388 g/mol. The Kier molecular flexibility index (Phi) is 17.0. The molecule has 1 N–H and O–H groups in total. The third-order valence-corrected chi connectivity index (χ3v) is 5.67. The molecule has 0 bridgehead atoms. The molecule has 0 heterocycles. The zero-order valence-electron chi connectivity index (χ0n) is 18.5. The minimum absolute atomic E-state index is 0.130. The van der Waals surface area contributed by atoms with Gasteiger partial charge in [0.25, 0.3) is 0 Å². The maximum Gasteiger partial charge on any atom is 0.323 e. The molecule has 0 aliphatic heterocycles. The zero-order chi connectivity index (χ0) is 20.5. The molecule has 27 heavy (non-hydrogen) atoms. The van der Waals surface area contributed by atoms with Gasteiger partial charge >= 0.3 is 5.97 Å². The van der Waals surface area contributed by atoms with E-state index in [2.05, 4.69) is 13.8 Å². The Bertz CT molecular complexity index is 349. The van der Waals surface area contributed by atoms with Crippen molar-refractivity contribution in [3.05, 3.63) is 0 Å². The zero-order valence-corrected chi connectivity index (χ0v) is 18.5. The van der Waals surface area contributed by atoms with Crippen molar-refractivity contribution in [2.24, 2.45) is 5.92 Å². The van der Waals surface area contributed by atoms with Crippen LogP contribution in [0.2, 0.25) is 0 Å². The molecular formula is C23H46FNO2. The lowest BCUT2D eigenvalue weighted by Crippen LogP contribution is -2.46. The van der Waals surface area contributed by atoms with Gasteiger partial charge in [-0.15, -0.1) is 0 Å². The summed E-state index contributed by atoms with van der Waals surface area (Å²) in [7, 11) is 3.33. The Morgan fingerprint density at radius 1 is 0.778 bits per heavy atom. The predicted octanol–water partition coefficient (Wildman–Crippen LogP) is 6.85. The Morgan fingerprint density at radius 2 is 1.15 bits per heavy atom. The standard InChI is InChI=1S/C23H46FNO2/c1-5-7-9-11-12-13-14-15-17-19-20(18-16-10-8-6-2)21(24)22(23(26)27)25(3)4/h20-22H,5-19H2,1-4H3,(H,26,27). The van der Waals surface area contributed by atoms with Crippen LogP contribution in [0.5, 0.6) is 0 Å². The van der Waals surface area contributed by atoms with Gasteiger partial charge in [-0.05, 0) is 32.9 Å². The molecule has 0 aromatic rings. The number of carboxylic acids is 1. The van der Waals surface area contributed by atoms with E-state index < -0.39 is 18.2 Å². The molecule has 0 aliphatic rings. The van der Waals surface area contributed by atoms with Gasteiger partial charge in [0.2, 0.25) is 0 Å². The van der Waals surface area contributed by atoms with E-state index in [-0.39, 0.29) is 5.92 Å². The fourth-order valence-electron chi connectivity index (χ4n) is 3.91. The lowest BCUT2D eigenvalue weighted by atomic mass is 9.87. The van der Waals surface area contributed by atoms with Crippen LogP contribution < -0.4 is 0 Å². The summed E-state index contributed by atoms with van der Waals surface area (Å²) >= 11 is 0. The van der Waals surface area contributed by atoms with Gasteiger partial charge in [0.15, 0.2) is 0 Å². The molecule has 0 aromatic heterocycles. The van der Waals surface area contributed by atoms with Crippen LogP contribution in [0, 0.1) is 5.92 Å². The van der Waals surface area contributed by atoms with E-state index in [1.54, 1.807) is 14.1 Å². The van der Waals surface area contributed by atoms with Crippen LogP contribution in [0.3, 0.4) is 0 Å². The van der Waals surface area contributed by atoms with Gasteiger partial charge < -0.3 is 5.11 Å². The highest BCUT2D eigenvalue weighted by Gasteiger charge is 2.35. The molecule has 3 nitrogen and oxygen atoms in total. The Morgan fingerprint density at radius 3 is 1.52 bits per heavy atom. The van der Waals surface area contributed by atoms with Crippen LogP contribution in [0.4, 0.5) is 4.39 Å². The van der Waals surface area contributed by atoms with Crippen molar-refractivity contribution in [2.75, 3.05) is 14.1 Å². The second kappa shape index (κ2) is 17.5. The predicted molar refractivity (Wildman–Crippen MR) is 114 cm³/mol. The number of hydrogen-bond acceptors (Lipinski definition) is 2. The molecule has 3 atom stereocenters. The summed E-state index contributed by atoms with van der Waals surface area (Å²) in [6, 6.07) is -1.03. The molecule has 0 spiro atoms. The maximum absolute atomic E-state index is 15.1. The second-order valence-electron chi connectivity index (χ2n) is 8.42. The highest BCUT2D eigenvalue weighted by atomic mass is 19.1. The summed E-state index contributed by atoms with van der Waals surface area (Å²) in [5.74, 6) is -1.17. The number of unbranched alkanes of at least 4 members (excludes halogenated alkanes) is 11. The van der Waals surface area contributed by atoms with Crippen LogP contribution in [0.1, 0.15) is 110 Å². The average Bonchev–Trinajstić information content (AvgIpc) is 2.61. The first-order valence-electron chi connectivity index (χ1n) is 11.5. The van der Waals surface area contributed by atoms with Crippen LogP contribution in [-0.2, 0) is 4.79 Å². The van der Waals surface area contributed by atoms with Crippen molar-refractivity contribution in [1.29, 1.82) is 0 Å². The molecule has 3 unspecified atom stereocenters.